The highest BCUT2D eigenvalue weighted by atomic mass is 16.5. The van der Waals surface area contributed by atoms with Crippen molar-refractivity contribution in [1.29, 1.82) is 0 Å². The van der Waals surface area contributed by atoms with Crippen molar-refractivity contribution >= 4 is 11.6 Å². The highest BCUT2D eigenvalue weighted by molar-refractivity contribution is 6.08. The average Bonchev–Trinajstić information content (AvgIpc) is 3.29. The maximum Gasteiger partial charge on any atom is 0.256 e. The Bertz CT molecular complexity index is 1190. The maximum absolute atomic E-state index is 13.1. The fourth-order valence-electron chi connectivity index (χ4n) is 3.20. The minimum Gasteiger partial charge on any atom is -0.497 e. The number of carbonyl (C=O) groups excluding carboxylic acids is 1. The van der Waals surface area contributed by atoms with Crippen LogP contribution in [0, 0.1) is 6.92 Å². The van der Waals surface area contributed by atoms with Crippen LogP contribution in [0.15, 0.2) is 77.3 Å². The summed E-state index contributed by atoms with van der Waals surface area (Å²) >= 11 is 0. The number of hydrogen-bond acceptors (Lipinski definition) is 5. The van der Waals surface area contributed by atoms with Crippen LogP contribution in [-0.4, -0.2) is 25.1 Å². The minimum absolute atomic E-state index is 0.291. The van der Waals surface area contributed by atoms with Crippen molar-refractivity contribution in [2.75, 3.05) is 19.5 Å². The van der Waals surface area contributed by atoms with Crippen molar-refractivity contribution in [1.82, 2.24) is 4.98 Å². The minimum atomic E-state index is -0.291. The number of rotatable bonds is 6. The Kier molecular flexibility index (Phi) is 5.71. The van der Waals surface area contributed by atoms with Gasteiger partial charge >= 0.3 is 0 Å². The molecule has 156 valence electrons. The number of amides is 1. The fourth-order valence-corrected chi connectivity index (χ4v) is 3.20. The number of oxazole rings is 1. The molecule has 1 aromatic heterocycles. The van der Waals surface area contributed by atoms with Crippen LogP contribution in [0.1, 0.15) is 15.9 Å². The molecule has 0 aliphatic rings. The number of anilines is 1. The van der Waals surface area contributed by atoms with Crippen LogP contribution in [0.3, 0.4) is 0 Å². The van der Waals surface area contributed by atoms with Crippen LogP contribution in [0.5, 0.6) is 11.5 Å². The predicted octanol–water partition coefficient (Wildman–Crippen LogP) is 5.59. The third kappa shape index (κ3) is 4.43. The van der Waals surface area contributed by atoms with Crippen molar-refractivity contribution in [2.24, 2.45) is 0 Å². The molecule has 0 radical (unpaired) electrons. The van der Waals surface area contributed by atoms with E-state index in [1.54, 1.807) is 50.7 Å². The first kappa shape index (κ1) is 20.2. The Hall–Kier alpha value is -4.06. The zero-order valence-corrected chi connectivity index (χ0v) is 17.5. The van der Waals surface area contributed by atoms with Gasteiger partial charge in [0, 0.05) is 35.0 Å². The number of carbonyl (C=O) groups is 1. The molecule has 4 aromatic rings. The number of ether oxygens (including phenoxy) is 2. The number of aryl methyl sites for hydroxylation is 1. The molecule has 0 atom stereocenters. The van der Waals surface area contributed by atoms with Gasteiger partial charge in [0.2, 0.25) is 5.89 Å². The van der Waals surface area contributed by atoms with Gasteiger partial charge in [0.25, 0.3) is 5.91 Å². The Morgan fingerprint density at radius 2 is 1.61 bits per heavy atom. The van der Waals surface area contributed by atoms with Crippen LogP contribution < -0.4 is 14.8 Å². The molecule has 0 saturated carbocycles. The lowest BCUT2D eigenvalue weighted by Gasteiger charge is -2.11. The van der Waals surface area contributed by atoms with Gasteiger partial charge in [-0.3, -0.25) is 4.79 Å². The molecule has 0 aliphatic heterocycles. The lowest BCUT2D eigenvalue weighted by molar-refractivity contribution is 0.102. The van der Waals surface area contributed by atoms with E-state index < -0.39 is 0 Å². The number of methoxy groups -OCH3 is 2. The van der Waals surface area contributed by atoms with E-state index in [-0.39, 0.29) is 5.91 Å². The summed E-state index contributed by atoms with van der Waals surface area (Å²) in [4.78, 5) is 17.5. The smallest absolute Gasteiger partial charge is 0.256 e. The summed E-state index contributed by atoms with van der Waals surface area (Å²) in [6.07, 6.45) is 1.67. The highest BCUT2D eigenvalue weighted by Gasteiger charge is 2.17. The first-order valence-corrected chi connectivity index (χ1v) is 9.74. The van der Waals surface area contributed by atoms with Gasteiger partial charge < -0.3 is 19.2 Å². The second kappa shape index (κ2) is 8.75. The Morgan fingerprint density at radius 1 is 0.935 bits per heavy atom. The van der Waals surface area contributed by atoms with Gasteiger partial charge in [-0.15, -0.1) is 0 Å². The second-order valence-electron chi connectivity index (χ2n) is 7.00. The highest BCUT2D eigenvalue weighted by Crippen LogP contribution is 2.30. The summed E-state index contributed by atoms with van der Waals surface area (Å²) in [6, 6.07) is 20.4. The summed E-state index contributed by atoms with van der Waals surface area (Å²) in [7, 11) is 3.12. The molecule has 1 N–H and O–H groups in total. The molecule has 0 fully saturated rings. The van der Waals surface area contributed by atoms with Gasteiger partial charge in [-0.25, -0.2) is 4.98 Å². The molecule has 31 heavy (non-hydrogen) atoms. The van der Waals surface area contributed by atoms with Gasteiger partial charge in [-0.1, -0.05) is 42.0 Å². The number of hydrogen-bond donors (Lipinski definition) is 1. The molecule has 4 rings (SSSR count). The van der Waals surface area contributed by atoms with Crippen molar-refractivity contribution < 1.29 is 18.7 Å². The van der Waals surface area contributed by atoms with E-state index in [9.17, 15) is 4.79 Å². The van der Waals surface area contributed by atoms with E-state index in [1.165, 1.54) is 5.56 Å². The van der Waals surface area contributed by atoms with Gasteiger partial charge in [-0.05, 0) is 19.1 Å². The lowest BCUT2D eigenvalue weighted by atomic mass is 10.1. The molecular formula is C25H22N2O4. The summed E-state index contributed by atoms with van der Waals surface area (Å²) in [5, 5.41) is 2.89. The molecule has 6 heteroatoms. The Morgan fingerprint density at radius 3 is 2.29 bits per heavy atom. The van der Waals surface area contributed by atoms with Crippen LogP contribution in [-0.2, 0) is 0 Å². The van der Waals surface area contributed by atoms with Crippen molar-refractivity contribution in [3.8, 4) is 34.3 Å². The lowest BCUT2D eigenvalue weighted by Crippen LogP contribution is -2.13. The maximum atomic E-state index is 13.1. The van der Waals surface area contributed by atoms with E-state index in [0.29, 0.717) is 40.0 Å². The molecule has 0 spiro atoms. The monoisotopic (exact) mass is 414 g/mol. The molecule has 6 nitrogen and oxygen atoms in total. The number of benzene rings is 3. The zero-order chi connectivity index (χ0) is 21.8. The van der Waals surface area contributed by atoms with Crippen LogP contribution in [0.2, 0.25) is 0 Å². The SMILES string of the molecule is COc1cc(NC(=O)c2ccccc2-c2ncc(-c3ccc(C)cc3)o2)cc(OC)c1. The summed E-state index contributed by atoms with van der Waals surface area (Å²) < 4.78 is 16.5. The molecular weight excluding hydrogens is 392 g/mol. The standard InChI is InChI=1S/C25H22N2O4/c1-16-8-10-17(11-9-16)23-15-26-25(31-23)22-7-5-4-6-21(22)24(28)27-18-12-19(29-2)14-20(13-18)30-3/h4-15H,1-3H3,(H,27,28). The summed E-state index contributed by atoms with van der Waals surface area (Å²) in [5.41, 5.74) is 3.70. The van der Waals surface area contributed by atoms with Gasteiger partial charge in [0.05, 0.1) is 26.0 Å². The van der Waals surface area contributed by atoms with Crippen molar-refractivity contribution in [2.45, 2.75) is 6.92 Å². The summed E-state index contributed by atoms with van der Waals surface area (Å²) in [6.45, 7) is 2.03. The van der Waals surface area contributed by atoms with E-state index >= 15 is 0 Å². The first-order chi connectivity index (χ1) is 15.1. The molecule has 3 aromatic carbocycles. The topological polar surface area (TPSA) is 73.6 Å². The first-order valence-electron chi connectivity index (χ1n) is 9.74. The molecule has 0 bridgehead atoms. The fraction of sp³-hybridized carbons (Fsp3) is 0.120. The third-order valence-corrected chi connectivity index (χ3v) is 4.85. The van der Waals surface area contributed by atoms with Gasteiger partial charge in [-0.2, -0.15) is 0 Å². The van der Waals surface area contributed by atoms with Crippen LogP contribution >= 0.6 is 0 Å². The van der Waals surface area contributed by atoms with E-state index in [0.717, 1.165) is 5.56 Å². The third-order valence-electron chi connectivity index (χ3n) is 4.85. The van der Waals surface area contributed by atoms with E-state index in [2.05, 4.69) is 10.3 Å². The largest absolute Gasteiger partial charge is 0.497 e. The van der Waals surface area contributed by atoms with E-state index in [4.69, 9.17) is 13.9 Å². The molecule has 1 heterocycles. The van der Waals surface area contributed by atoms with Crippen LogP contribution in [0.4, 0.5) is 5.69 Å². The van der Waals surface area contributed by atoms with Gasteiger partial charge in [0.1, 0.15) is 11.5 Å². The number of nitrogens with zero attached hydrogens (tertiary/aromatic N) is 1. The predicted molar refractivity (Wildman–Crippen MR) is 120 cm³/mol. The quantitative estimate of drug-likeness (QED) is 0.445. The molecule has 0 unspecified atom stereocenters. The number of nitrogens with one attached hydrogen (secondary N) is 1. The van der Waals surface area contributed by atoms with Crippen molar-refractivity contribution in [3.05, 3.63) is 84.1 Å². The summed E-state index contributed by atoms with van der Waals surface area (Å²) in [5.74, 6) is 1.89. The molecule has 1 amide bonds. The van der Waals surface area contributed by atoms with Crippen molar-refractivity contribution in [3.63, 3.8) is 0 Å². The average molecular weight is 414 g/mol. The second-order valence-corrected chi connectivity index (χ2v) is 7.00. The Labute approximate surface area is 180 Å². The number of aromatic nitrogens is 1. The Balaban J connectivity index is 1.63. The zero-order valence-electron chi connectivity index (χ0n) is 17.5. The molecule has 0 saturated heterocycles. The molecule has 0 aliphatic carbocycles. The van der Waals surface area contributed by atoms with Gasteiger partial charge in [0.15, 0.2) is 5.76 Å². The van der Waals surface area contributed by atoms with Crippen LogP contribution in [0.25, 0.3) is 22.8 Å². The van der Waals surface area contributed by atoms with E-state index in [1.807, 2.05) is 43.3 Å². The normalized spacial score (nSPS) is 10.5.